The molecule has 0 spiro atoms. The Balaban J connectivity index is 1.66. The number of fused-ring (bicyclic) bond motifs is 1. The number of rotatable bonds is 10. The van der Waals surface area contributed by atoms with E-state index in [0.717, 1.165) is 51.4 Å². The van der Waals surface area contributed by atoms with Crippen molar-refractivity contribution in [3.05, 3.63) is 23.7 Å². The lowest BCUT2D eigenvalue weighted by atomic mass is 9.89. The summed E-state index contributed by atoms with van der Waals surface area (Å²) in [6, 6.07) is 1.82. The number of thiazole rings is 1. The van der Waals surface area contributed by atoms with Gasteiger partial charge in [0.15, 0.2) is 0 Å². The number of hydrogen-bond acceptors (Lipinski definition) is 10. The Kier molecular flexibility index (Phi) is 8.28. The molecule has 5 N–H and O–H groups in total. The molecule has 1 fully saturated rings. The van der Waals surface area contributed by atoms with Gasteiger partial charge in [0.2, 0.25) is 5.95 Å². The summed E-state index contributed by atoms with van der Waals surface area (Å²) in [5.74, 6) is 1.11. The van der Waals surface area contributed by atoms with E-state index >= 15 is 0 Å². The maximum Gasteiger partial charge on any atom is 0.225 e. The highest BCUT2D eigenvalue weighted by Gasteiger charge is 2.40. The number of aromatic nitrogens is 4. The summed E-state index contributed by atoms with van der Waals surface area (Å²) in [5.41, 5.74) is 1.78. The zero-order chi connectivity index (χ0) is 27.8. The molecule has 0 radical (unpaired) electrons. The summed E-state index contributed by atoms with van der Waals surface area (Å²) in [4.78, 5) is 18.9. The molecule has 0 aliphatic heterocycles. The second kappa shape index (κ2) is 11.0. The summed E-state index contributed by atoms with van der Waals surface area (Å²) >= 11 is 1.57. The summed E-state index contributed by atoms with van der Waals surface area (Å²) < 4.78 is 1.04. The third-order valence-corrected chi connectivity index (χ3v) is 8.48. The van der Waals surface area contributed by atoms with Gasteiger partial charge in [0.25, 0.3) is 0 Å². The van der Waals surface area contributed by atoms with Crippen LogP contribution in [0.5, 0.6) is 0 Å². The maximum absolute atomic E-state index is 10.9. The number of anilines is 2. The van der Waals surface area contributed by atoms with Crippen molar-refractivity contribution in [3.8, 4) is 10.6 Å². The van der Waals surface area contributed by atoms with E-state index in [-0.39, 0.29) is 18.0 Å². The Morgan fingerprint density at radius 3 is 2.45 bits per heavy atom. The smallest absolute Gasteiger partial charge is 0.225 e. The lowest BCUT2D eigenvalue weighted by Gasteiger charge is -2.25. The second-order valence-corrected chi connectivity index (χ2v) is 13.0. The third kappa shape index (κ3) is 6.77. The van der Waals surface area contributed by atoms with Gasteiger partial charge in [0.1, 0.15) is 16.3 Å². The van der Waals surface area contributed by atoms with Crippen LogP contribution in [0, 0.1) is 19.8 Å². The van der Waals surface area contributed by atoms with Crippen LogP contribution in [0.2, 0.25) is 0 Å². The summed E-state index contributed by atoms with van der Waals surface area (Å²) in [6.45, 7) is 13.2. The first kappa shape index (κ1) is 28.6. The highest BCUT2D eigenvalue weighted by Crippen LogP contribution is 2.40. The van der Waals surface area contributed by atoms with Gasteiger partial charge in [-0.15, -0.1) is 11.3 Å². The van der Waals surface area contributed by atoms with E-state index in [2.05, 4.69) is 22.5 Å². The van der Waals surface area contributed by atoms with Gasteiger partial charge >= 0.3 is 0 Å². The molecular weight excluding hydrogens is 500 g/mol. The van der Waals surface area contributed by atoms with E-state index in [9.17, 15) is 15.3 Å². The minimum absolute atomic E-state index is 0.0223. The normalized spacial score (nSPS) is 21.2. The van der Waals surface area contributed by atoms with Crippen molar-refractivity contribution < 1.29 is 15.3 Å². The molecule has 1 aliphatic rings. The number of pyridine rings is 1. The molecule has 3 heterocycles. The van der Waals surface area contributed by atoms with Crippen LogP contribution >= 0.6 is 11.3 Å². The van der Waals surface area contributed by atoms with E-state index in [0.29, 0.717) is 24.6 Å². The molecule has 9 nitrogen and oxygen atoms in total. The molecule has 4 atom stereocenters. The molecule has 1 saturated carbocycles. The predicted molar refractivity (Wildman–Crippen MR) is 154 cm³/mol. The summed E-state index contributed by atoms with van der Waals surface area (Å²) in [6.07, 6.45) is 4.82. The molecule has 0 saturated heterocycles. The van der Waals surface area contributed by atoms with E-state index in [1.807, 2.05) is 33.8 Å². The topological polar surface area (TPSA) is 136 Å². The molecular formula is C28H42N6O3S. The fourth-order valence-electron chi connectivity index (χ4n) is 5.14. The molecule has 1 aliphatic carbocycles. The van der Waals surface area contributed by atoms with Crippen LogP contribution in [0.1, 0.15) is 78.1 Å². The van der Waals surface area contributed by atoms with Crippen molar-refractivity contribution in [2.24, 2.45) is 5.92 Å². The summed E-state index contributed by atoms with van der Waals surface area (Å²) in [7, 11) is 0. The van der Waals surface area contributed by atoms with Gasteiger partial charge in [-0.25, -0.2) is 9.97 Å². The van der Waals surface area contributed by atoms with Crippen LogP contribution < -0.4 is 10.6 Å². The number of hydrogen-bond donors (Lipinski definition) is 5. The van der Waals surface area contributed by atoms with E-state index < -0.39 is 17.3 Å². The van der Waals surface area contributed by atoms with E-state index in [1.54, 1.807) is 31.4 Å². The second-order valence-electron chi connectivity index (χ2n) is 12.0. The van der Waals surface area contributed by atoms with Crippen LogP contribution in [-0.2, 0) is 0 Å². The van der Waals surface area contributed by atoms with Crippen LogP contribution in [-0.4, -0.2) is 64.6 Å². The molecule has 208 valence electrons. The minimum atomic E-state index is -0.870. The van der Waals surface area contributed by atoms with Gasteiger partial charge in [0.05, 0.1) is 45.0 Å². The maximum atomic E-state index is 10.9. The number of aliphatic hydroxyl groups is 3. The Bertz CT molecular complexity index is 1270. The fraction of sp³-hybridized carbons (Fsp3) is 0.643. The highest BCUT2D eigenvalue weighted by molar-refractivity contribution is 7.21. The van der Waals surface area contributed by atoms with Gasteiger partial charge < -0.3 is 26.0 Å². The largest absolute Gasteiger partial charge is 0.391 e. The number of nitrogens with zero attached hydrogens (tertiary/aromatic N) is 4. The predicted octanol–water partition coefficient (Wildman–Crippen LogP) is 4.83. The first-order valence-corrected chi connectivity index (χ1v) is 14.3. The molecule has 0 bridgehead atoms. The Morgan fingerprint density at radius 2 is 1.82 bits per heavy atom. The monoisotopic (exact) mass is 542 g/mol. The fourth-order valence-corrected chi connectivity index (χ4v) is 6.25. The van der Waals surface area contributed by atoms with Crippen molar-refractivity contribution in [2.75, 3.05) is 10.6 Å². The van der Waals surface area contributed by atoms with Crippen molar-refractivity contribution >= 4 is 33.3 Å². The van der Waals surface area contributed by atoms with Gasteiger partial charge in [-0.05, 0) is 92.6 Å². The average molecular weight is 543 g/mol. The van der Waals surface area contributed by atoms with E-state index in [1.165, 1.54) is 0 Å². The molecule has 0 amide bonds. The van der Waals surface area contributed by atoms with Crippen molar-refractivity contribution in [2.45, 2.75) is 110 Å². The summed E-state index contributed by atoms with van der Waals surface area (Å²) in [5, 5.41) is 39.2. The van der Waals surface area contributed by atoms with Crippen molar-refractivity contribution in [1.29, 1.82) is 0 Å². The van der Waals surface area contributed by atoms with Crippen LogP contribution in [0.15, 0.2) is 12.3 Å². The lowest BCUT2D eigenvalue weighted by molar-refractivity contribution is 0.0140. The SMILES string of the molecule is Cc1nc(NC(C)CCCC(C)(C)O)nc(N[C@@H]2C[C@H](C(C)(C)O)C[C@H]2O)c1-c1nc2c(C)nccc2s1. The van der Waals surface area contributed by atoms with Crippen LogP contribution in [0.25, 0.3) is 20.8 Å². The molecule has 3 aromatic heterocycles. The molecule has 1 unspecified atom stereocenters. The third-order valence-electron chi connectivity index (χ3n) is 7.45. The minimum Gasteiger partial charge on any atom is -0.391 e. The van der Waals surface area contributed by atoms with Gasteiger partial charge in [-0.2, -0.15) is 4.98 Å². The van der Waals surface area contributed by atoms with Crippen molar-refractivity contribution in [1.82, 2.24) is 19.9 Å². The van der Waals surface area contributed by atoms with Crippen molar-refractivity contribution in [3.63, 3.8) is 0 Å². The highest BCUT2D eigenvalue weighted by atomic mass is 32.1. The van der Waals surface area contributed by atoms with Crippen LogP contribution in [0.3, 0.4) is 0 Å². The molecule has 3 aromatic rings. The Morgan fingerprint density at radius 1 is 1.08 bits per heavy atom. The number of aryl methyl sites for hydroxylation is 2. The van der Waals surface area contributed by atoms with E-state index in [4.69, 9.17) is 15.0 Å². The Hall–Kier alpha value is -2.40. The van der Waals surface area contributed by atoms with Crippen LogP contribution in [0.4, 0.5) is 11.8 Å². The molecule has 0 aromatic carbocycles. The number of aliphatic hydroxyl groups excluding tert-OH is 1. The van der Waals surface area contributed by atoms with Gasteiger partial charge in [0, 0.05) is 12.2 Å². The standard InChI is InChI=1S/C28H42N6O3S/c1-15(9-8-11-27(4,5)36)30-26-31-16(2)22(25-33-23-17(3)29-12-10-21(23)38-25)24(34-26)32-19-13-18(14-20(19)35)28(6,7)37/h10,12,15,18-20,35-37H,8-9,11,13-14H2,1-7H3,(H2,30,31,32,34)/t15?,18-,19+,20+/m0/s1. The van der Waals surface area contributed by atoms with Gasteiger partial charge in [-0.1, -0.05) is 0 Å². The molecule has 10 heteroatoms. The zero-order valence-corrected chi connectivity index (χ0v) is 24.4. The number of nitrogens with one attached hydrogen (secondary N) is 2. The quantitative estimate of drug-likeness (QED) is 0.244. The molecule has 4 rings (SSSR count). The van der Waals surface area contributed by atoms with Gasteiger partial charge in [-0.3, -0.25) is 4.98 Å². The first-order valence-electron chi connectivity index (χ1n) is 13.5. The lowest BCUT2D eigenvalue weighted by Crippen LogP contribution is -2.30. The molecule has 38 heavy (non-hydrogen) atoms. The zero-order valence-electron chi connectivity index (χ0n) is 23.5. The Labute approximate surface area is 229 Å². The first-order chi connectivity index (χ1) is 17.7. The average Bonchev–Trinajstić information content (AvgIpc) is 3.37.